The van der Waals surface area contributed by atoms with Crippen LogP contribution in [0.4, 0.5) is 0 Å². The van der Waals surface area contributed by atoms with Gasteiger partial charge in [-0.15, -0.1) is 24.2 Å². The van der Waals surface area contributed by atoms with Crippen LogP contribution in [0.2, 0.25) is 0 Å². The molecule has 0 saturated carbocycles. The Morgan fingerprint density at radius 2 is 2.05 bits per heavy atom. The molecule has 0 bridgehead atoms. The molecule has 1 rings (SSSR count). The lowest BCUT2D eigenvalue weighted by Gasteiger charge is -2.18. The van der Waals surface area contributed by atoms with Crippen LogP contribution in [0.25, 0.3) is 0 Å². The van der Waals surface area contributed by atoms with Crippen LogP contribution < -0.4 is 11.1 Å². The number of carbonyl (C=O) groups excluding carboxylic acids is 1. The predicted molar refractivity (Wildman–Crippen MR) is 88.0 cm³/mol. The molecule has 3 nitrogen and oxygen atoms in total. The molecule has 0 aliphatic carbocycles. The van der Waals surface area contributed by atoms with Crippen LogP contribution in [0.5, 0.6) is 0 Å². The third kappa shape index (κ3) is 8.52. The Morgan fingerprint density at radius 1 is 1.42 bits per heavy atom. The zero-order valence-electron chi connectivity index (χ0n) is 11.1. The number of carbonyl (C=O) groups is 1. The first-order chi connectivity index (χ1) is 8.38. The summed E-state index contributed by atoms with van der Waals surface area (Å²) in [4.78, 5) is 12.7. The summed E-state index contributed by atoms with van der Waals surface area (Å²) in [5.41, 5.74) is 5.44. The van der Waals surface area contributed by atoms with E-state index in [2.05, 4.69) is 21.2 Å². The molecule has 0 atom stereocenters. The number of nitrogens with two attached hydrogens (primary N) is 1. The molecule has 0 aliphatic rings. The van der Waals surface area contributed by atoms with Crippen molar-refractivity contribution in [2.75, 3.05) is 12.3 Å². The van der Waals surface area contributed by atoms with Crippen LogP contribution in [0.15, 0.2) is 33.6 Å². The molecular formula is C13H20BrClN2OS. The molecule has 0 saturated heterocycles. The van der Waals surface area contributed by atoms with E-state index in [-0.39, 0.29) is 23.9 Å². The van der Waals surface area contributed by atoms with Gasteiger partial charge in [0.25, 0.3) is 0 Å². The second-order valence-electron chi connectivity index (χ2n) is 4.79. The van der Waals surface area contributed by atoms with E-state index in [0.29, 0.717) is 13.0 Å². The fourth-order valence-corrected chi connectivity index (χ4v) is 2.75. The molecule has 0 radical (unpaired) electrons. The van der Waals surface area contributed by atoms with Gasteiger partial charge in [0.1, 0.15) is 0 Å². The van der Waals surface area contributed by atoms with Gasteiger partial charge in [0.15, 0.2) is 0 Å². The molecule has 0 fully saturated rings. The average Bonchev–Trinajstić information content (AvgIpc) is 2.28. The maximum atomic E-state index is 11.6. The number of nitrogens with one attached hydrogen (secondary N) is 1. The summed E-state index contributed by atoms with van der Waals surface area (Å²) in [7, 11) is 0. The second-order valence-corrected chi connectivity index (χ2v) is 6.79. The van der Waals surface area contributed by atoms with E-state index in [4.69, 9.17) is 5.73 Å². The van der Waals surface area contributed by atoms with Crippen LogP contribution >= 0.6 is 40.1 Å². The van der Waals surface area contributed by atoms with E-state index in [1.165, 1.54) is 0 Å². The topological polar surface area (TPSA) is 55.1 Å². The first kappa shape index (κ1) is 18.8. The van der Waals surface area contributed by atoms with Crippen LogP contribution in [-0.2, 0) is 4.79 Å². The summed E-state index contributed by atoms with van der Waals surface area (Å²) in [6.07, 6.45) is 0.502. The summed E-state index contributed by atoms with van der Waals surface area (Å²) in [6.45, 7) is 4.29. The van der Waals surface area contributed by atoms with E-state index in [9.17, 15) is 4.79 Å². The molecule has 0 aliphatic heterocycles. The number of rotatable bonds is 6. The van der Waals surface area contributed by atoms with Gasteiger partial charge in [-0.3, -0.25) is 4.79 Å². The van der Waals surface area contributed by atoms with Gasteiger partial charge in [-0.05, 0) is 41.9 Å². The minimum Gasteiger partial charge on any atom is -0.354 e. The van der Waals surface area contributed by atoms with Crippen LogP contribution in [0.3, 0.4) is 0 Å². The minimum atomic E-state index is -0.356. The second kappa shape index (κ2) is 8.84. The van der Waals surface area contributed by atoms with E-state index in [1.807, 2.05) is 38.1 Å². The Hall–Kier alpha value is -0.230. The number of amides is 1. The zero-order chi connectivity index (χ0) is 13.6. The fourth-order valence-electron chi connectivity index (χ4n) is 1.23. The molecule has 3 N–H and O–H groups in total. The third-order valence-corrected chi connectivity index (χ3v) is 4.19. The van der Waals surface area contributed by atoms with Crippen molar-refractivity contribution in [3.05, 3.63) is 28.7 Å². The monoisotopic (exact) mass is 366 g/mol. The molecule has 0 aromatic heterocycles. The smallest absolute Gasteiger partial charge is 0.220 e. The fraction of sp³-hybridized carbons (Fsp3) is 0.462. The summed E-state index contributed by atoms with van der Waals surface area (Å²) in [6, 6.07) is 8.00. The Labute approximate surface area is 133 Å². The first-order valence-electron chi connectivity index (χ1n) is 5.81. The van der Waals surface area contributed by atoms with Crippen LogP contribution in [-0.4, -0.2) is 23.7 Å². The van der Waals surface area contributed by atoms with Gasteiger partial charge in [-0.25, -0.2) is 0 Å². The highest BCUT2D eigenvalue weighted by molar-refractivity contribution is 9.10. The van der Waals surface area contributed by atoms with Crippen molar-refractivity contribution in [2.45, 2.75) is 30.7 Å². The summed E-state index contributed by atoms with van der Waals surface area (Å²) in [5.74, 6) is 0.812. The Bertz CT molecular complexity index is 410. The summed E-state index contributed by atoms with van der Waals surface area (Å²) in [5, 5.41) is 2.83. The van der Waals surface area contributed by atoms with Crippen molar-refractivity contribution in [1.29, 1.82) is 0 Å². The highest BCUT2D eigenvalue weighted by atomic mass is 79.9. The van der Waals surface area contributed by atoms with Crippen LogP contribution in [0, 0.1) is 0 Å². The van der Waals surface area contributed by atoms with E-state index in [0.717, 1.165) is 15.1 Å². The van der Waals surface area contributed by atoms with Crippen LogP contribution in [0.1, 0.15) is 20.3 Å². The third-order valence-electron chi connectivity index (χ3n) is 2.16. The molecule has 1 aromatic carbocycles. The molecule has 19 heavy (non-hydrogen) atoms. The van der Waals surface area contributed by atoms with Gasteiger partial charge in [0, 0.05) is 33.6 Å². The largest absolute Gasteiger partial charge is 0.354 e. The molecule has 0 heterocycles. The number of halogens is 2. The number of hydrogen-bond acceptors (Lipinski definition) is 3. The Kier molecular flexibility index (Phi) is 8.74. The van der Waals surface area contributed by atoms with Crippen molar-refractivity contribution in [3.63, 3.8) is 0 Å². The van der Waals surface area contributed by atoms with E-state index >= 15 is 0 Å². The molecule has 0 spiro atoms. The van der Waals surface area contributed by atoms with Crippen molar-refractivity contribution < 1.29 is 4.79 Å². The van der Waals surface area contributed by atoms with E-state index in [1.54, 1.807) is 11.8 Å². The Balaban J connectivity index is 0.00000324. The highest BCUT2D eigenvalue weighted by Gasteiger charge is 2.12. The van der Waals surface area contributed by atoms with Crippen molar-refractivity contribution in [2.24, 2.45) is 5.73 Å². The maximum Gasteiger partial charge on any atom is 0.220 e. The van der Waals surface area contributed by atoms with Gasteiger partial charge in [0.05, 0.1) is 0 Å². The SMILES string of the molecule is CC(C)(N)CNC(=O)CCSc1ccccc1Br.Cl. The van der Waals surface area contributed by atoms with Crippen molar-refractivity contribution >= 4 is 46.0 Å². The van der Waals surface area contributed by atoms with Crippen molar-refractivity contribution in [1.82, 2.24) is 5.32 Å². The normalized spacial score (nSPS) is 10.7. The van der Waals surface area contributed by atoms with Crippen molar-refractivity contribution in [3.8, 4) is 0 Å². The zero-order valence-corrected chi connectivity index (χ0v) is 14.3. The van der Waals surface area contributed by atoms with E-state index < -0.39 is 0 Å². The standard InChI is InChI=1S/C13H19BrN2OS.ClH/c1-13(2,15)9-16-12(17)7-8-18-11-6-4-3-5-10(11)14;/h3-6H,7-9,15H2,1-2H3,(H,16,17);1H. The number of benzene rings is 1. The predicted octanol–water partition coefficient (Wildman–Crippen LogP) is 3.21. The lowest BCUT2D eigenvalue weighted by molar-refractivity contribution is -0.120. The molecule has 108 valence electrons. The quantitative estimate of drug-likeness (QED) is 0.759. The van der Waals surface area contributed by atoms with Gasteiger partial charge in [0.2, 0.25) is 5.91 Å². The highest BCUT2D eigenvalue weighted by Crippen LogP contribution is 2.27. The van der Waals surface area contributed by atoms with Gasteiger partial charge >= 0.3 is 0 Å². The minimum absolute atomic E-state index is 0. The lowest BCUT2D eigenvalue weighted by Crippen LogP contribution is -2.45. The average molecular weight is 368 g/mol. The molecular weight excluding hydrogens is 348 g/mol. The summed E-state index contributed by atoms with van der Waals surface area (Å²) >= 11 is 5.15. The Morgan fingerprint density at radius 3 is 2.63 bits per heavy atom. The number of hydrogen-bond donors (Lipinski definition) is 2. The van der Waals surface area contributed by atoms with Gasteiger partial charge in [-0.1, -0.05) is 12.1 Å². The maximum absolute atomic E-state index is 11.6. The summed E-state index contributed by atoms with van der Waals surface area (Å²) < 4.78 is 1.07. The molecule has 1 amide bonds. The molecule has 0 unspecified atom stereocenters. The van der Waals surface area contributed by atoms with Gasteiger partial charge in [-0.2, -0.15) is 0 Å². The lowest BCUT2D eigenvalue weighted by atomic mass is 10.1. The number of thioether (sulfide) groups is 1. The molecule has 1 aromatic rings. The first-order valence-corrected chi connectivity index (χ1v) is 7.59. The van der Waals surface area contributed by atoms with Gasteiger partial charge < -0.3 is 11.1 Å². The molecule has 6 heteroatoms.